The Morgan fingerprint density at radius 2 is 1.80 bits per heavy atom. The molecule has 0 spiro atoms. The Labute approximate surface area is 235 Å². The molecule has 1 aliphatic heterocycles. The molecule has 11 nitrogen and oxygen atoms in total. The van der Waals surface area contributed by atoms with E-state index in [-0.39, 0.29) is 40.8 Å². The molecule has 0 aliphatic carbocycles. The summed E-state index contributed by atoms with van der Waals surface area (Å²) >= 11 is 0. The van der Waals surface area contributed by atoms with Crippen molar-refractivity contribution in [2.45, 2.75) is 65.0 Å². The summed E-state index contributed by atoms with van der Waals surface area (Å²) in [6.45, 7) is 7.04. The quantitative estimate of drug-likeness (QED) is 0.209. The van der Waals surface area contributed by atoms with E-state index in [0.717, 1.165) is 0 Å². The number of anilines is 1. The first-order chi connectivity index (χ1) is 18.8. The van der Waals surface area contributed by atoms with Gasteiger partial charge in [0.2, 0.25) is 0 Å². The first kappa shape index (κ1) is 32.7. The van der Waals surface area contributed by atoms with E-state index in [1.54, 1.807) is 32.1 Å². The van der Waals surface area contributed by atoms with Gasteiger partial charge >= 0.3 is 6.09 Å². The van der Waals surface area contributed by atoms with E-state index in [1.165, 1.54) is 33.5 Å². The number of amides is 2. The summed E-state index contributed by atoms with van der Waals surface area (Å²) in [7, 11) is 4.32. The molecular weight excluding hydrogens is 520 g/mol. The third-order valence-electron chi connectivity index (χ3n) is 6.98. The summed E-state index contributed by atoms with van der Waals surface area (Å²) in [6.07, 6.45) is 2.93. The molecule has 2 bridgehead atoms. The van der Waals surface area contributed by atoms with Gasteiger partial charge in [-0.05, 0) is 38.2 Å². The molecule has 2 amide bonds. The van der Waals surface area contributed by atoms with E-state index in [2.05, 4.69) is 5.32 Å². The molecule has 0 radical (unpaired) electrons. The number of hydrogen-bond donors (Lipinski definition) is 5. The van der Waals surface area contributed by atoms with Crippen LogP contribution in [-0.4, -0.2) is 73.1 Å². The van der Waals surface area contributed by atoms with Gasteiger partial charge in [0.25, 0.3) is 5.91 Å². The second kappa shape index (κ2) is 14.7. The number of phenolic OH excluding ortho intramolecular Hbond substituents is 2. The number of methoxy groups -OCH3 is 3. The Balaban J connectivity index is 2.65. The Morgan fingerprint density at radius 3 is 2.38 bits per heavy atom. The highest BCUT2D eigenvalue weighted by Gasteiger charge is 2.30. The molecule has 6 N–H and O–H groups in total. The zero-order chi connectivity index (χ0) is 30.1. The van der Waals surface area contributed by atoms with Crippen molar-refractivity contribution < 1.29 is 43.9 Å². The van der Waals surface area contributed by atoms with Crippen LogP contribution in [0.25, 0.3) is 0 Å². The van der Waals surface area contributed by atoms with Gasteiger partial charge in [-0.25, -0.2) is 4.79 Å². The zero-order valence-electron chi connectivity index (χ0n) is 24.1. The SMILES string of the molecule is COc1c(O)cc2c(O)c1C[C@@H](C)C[C@H](OC)[C@H](O)[C@@H](C)/C=C(\C)[C@H](OC(N)=O)[C@@H](OC)/C=C\C=C(/C)C(=O)N2. The lowest BCUT2D eigenvalue weighted by Gasteiger charge is -2.29. The Hall–Kier alpha value is -3.54. The molecule has 1 heterocycles. The highest BCUT2D eigenvalue weighted by atomic mass is 16.6. The predicted octanol–water partition coefficient (Wildman–Crippen LogP) is 3.57. The van der Waals surface area contributed by atoms with Crippen molar-refractivity contribution in [3.05, 3.63) is 47.1 Å². The smallest absolute Gasteiger partial charge is 0.405 e. The van der Waals surface area contributed by atoms with Gasteiger partial charge in [0.1, 0.15) is 11.9 Å². The average molecular weight is 563 g/mol. The van der Waals surface area contributed by atoms with Crippen LogP contribution in [0, 0.1) is 11.8 Å². The van der Waals surface area contributed by atoms with Crippen molar-refractivity contribution in [3.8, 4) is 17.2 Å². The molecule has 222 valence electrons. The van der Waals surface area contributed by atoms with E-state index in [1.807, 2.05) is 13.8 Å². The van der Waals surface area contributed by atoms with E-state index in [0.29, 0.717) is 17.6 Å². The van der Waals surface area contributed by atoms with Crippen LogP contribution in [0.2, 0.25) is 0 Å². The molecule has 6 atom stereocenters. The Bertz CT molecular complexity index is 1140. The molecule has 1 aromatic carbocycles. The number of primary amides is 1. The molecule has 0 saturated heterocycles. The lowest BCUT2D eigenvalue weighted by Crippen LogP contribution is -2.37. The van der Waals surface area contributed by atoms with Crippen molar-refractivity contribution in [3.63, 3.8) is 0 Å². The maximum atomic E-state index is 12.9. The normalized spacial score (nSPS) is 30.2. The third-order valence-corrected chi connectivity index (χ3v) is 6.98. The largest absolute Gasteiger partial charge is 0.505 e. The number of allylic oxidation sites excluding steroid dienone is 2. The number of carbonyl (C=O) groups excluding carboxylic acids is 2. The van der Waals surface area contributed by atoms with E-state index in [9.17, 15) is 24.9 Å². The van der Waals surface area contributed by atoms with Crippen LogP contribution in [-0.2, 0) is 25.4 Å². The molecule has 2 rings (SSSR count). The van der Waals surface area contributed by atoms with Crippen molar-refractivity contribution in [1.82, 2.24) is 0 Å². The summed E-state index contributed by atoms with van der Waals surface area (Å²) in [6, 6.07) is 1.22. The van der Waals surface area contributed by atoms with Crippen LogP contribution in [0.1, 0.15) is 39.7 Å². The molecule has 0 aromatic heterocycles. The number of aliphatic hydroxyl groups is 1. The number of fused-ring (bicyclic) bond motifs is 2. The molecule has 0 fully saturated rings. The number of nitrogens with one attached hydrogen (secondary N) is 1. The zero-order valence-corrected chi connectivity index (χ0v) is 24.1. The minimum Gasteiger partial charge on any atom is -0.505 e. The summed E-state index contributed by atoms with van der Waals surface area (Å²) in [5.41, 5.74) is 6.54. The maximum absolute atomic E-state index is 12.9. The van der Waals surface area contributed by atoms with Crippen LogP contribution in [0.3, 0.4) is 0 Å². The number of rotatable bonds is 4. The third kappa shape index (κ3) is 8.23. The lowest BCUT2D eigenvalue weighted by molar-refractivity contribution is -0.112. The first-order valence-electron chi connectivity index (χ1n) is 13.0. The summed E-state index contributed by atoms with van der Waals surface area (Å²) < 4.78 is 21.9. The fraction of sp³-hybridized carbons (Fsp3) is 0.517. The molecule has 40 heavy (non-hydrogen) atoms. The minimum atomic E-state index is -0.991. The molecule has 1 aliphatic rings. The predicted molar refractivity (Wildman–Crippen MR) is 150 cm³/mol. The van der Waals surface area contributed by atoms with Gasteiger partial charge in [-0.3, -0.25) is 4.79 Å². The number of aliphatic hydroxyl groups excluding tert-OH is 1. The van der Waals surface area contributed by atoms with Crippen LogP contribution in [0.15, 0.2) is 41.5 Å². The van der Waals surface area contributed by atoms with Crippen molar-refractivity contribution >= 4 is 17.7 Å². The molecule has 1 aromatic rings. The number of ether oxygens (including phenoxy) is 4. The van der Waals surface area contributed by atoms with Crippen LogP contribution < -0.4 is 15.8 Å². The van der Waals surface area contributed by atoms with E-state index >= 15 is 0 Å². The van der Waals surface area contributed by atoms with Gasteiger partial charge < -0.3 is 45.3 Å². The number of phenols is 2. The Morgan fingerprint density at radius 1 is 1.12 bits per heavy atom. The molecule has 0 unspecified atom stereocenters. The second-order valence-corrected chi connectivity index (χ2v) is 10.1. The minimum absolute atomic E-state index is 0.0154. The summed E-state index contributed by atoms with van der Waals surface area (Å²) in [5, 5.41) is 35.4. The van der Waals surface area contributed by atoms with Gasteiger partial charge in [-0.2, -0.15) is 0 Å². The van der Waals surface area contributed by atoms with Gasteiger partial charge in [-0.15, -0.1) is 0 Å². The van der Waals surface area contributed by atoms with Crippen molar-refractivity contribution in [1.29, 1.82) is 0 Å². The van der Waals surface area contributed by atoms with Gasteiger partial charge in [0.15, 0.2) is 17.6 Å². The van der Waals surface area contributed by atoms with E-state index in [4.69, 9.17) is 24.7 Å². The first-order valence-corrected chi connectivity index (χ1v) is 13.0. The Kier molecular flexibility index (Phi) is 12.0. The fourth-order valence-corrected chi connectivity index (χ4v) is 4.81. The number of nitrogens with two attached hydrogens (primary N) is 1. The number of carbonyl (C=O) groups is 2. The second-order valence-electron chi connectivity index (χ2n) is 10.1. The fourth-order valence-electron chi connectivity index (χ4n) is 4.81. The summed E-state index contributed by atoms with van der Waals surface area (Å²) in [5.74, 6) is -1.48. The number of aromatic hydroxyl groups is 2. The van der Waals surface area contributed by atoms with Gasteiger partial charge in [0.05, 0.1) is 25.0 Å². The standard InChI is InChI=1S/C29H42N2O9/c1-15-11-19-25(34)20(14-21(32)27(19)39-7)31-28(35)16(2)9-8-10-22(37-5)26(40-29(30)36)18(4)13-17(3)24(33)23(12-15)38-6/h8-10,13-15,17,22-24,26,32-34H,11-12H2,1-7H3,(H2,30,36)(H,31,35)/b10-8-,16-9+,18-13+/t15-,17+,22+,23+,24-,26+/m1/s1. The maximum Gasteiger partial charge on any atom is 0.405 e. The van der Waals surface area contributed by atoms with Crippen LogP contribution in [0.5, 0.6) is 17.2 Å². The summed E-state index contributed by atoms with van der Waals surface area (Å²) in [4.78, 5) is 24.6. The van der Waals surface area contributed by atoms with Crippen LogP contribution in [0.4, 0.5) is 10.5 Å². The highest BCUT2D eigenvalue weighted by Crippen LogP contribution is 2.43. The highest BCUT2D eigenvalue weighted by molar-refractivity contribution is 6.04. The molecular formula is C29H42N2O9. The number of benzene rings is 1. The molecule has 0 saturated carbocycles. The van der Waals surface area contributed by atoms with Gasteiger partial charge in [-0.1, -0.05) is 38.2 Å². The van der Waals surface area contributed by atoms with E-state index < -0.39 is 42.3 Å². The van der Waals surface area contributed by atoms with Crippen molar-refractivity contribution in [2.75, 3.05) is 26.6 Å². The van der Waals surface area contributed by atoms with Crippen LogP contribution >= 0.6 is 0 Å². The number of hydrogen-bond acceptors (Lipinski definition) is 9. The lowest BCUT2D eigenvalue weighted by atomic mass is 9.88. The molecule has 11 heteroatoms. The monoisotopic (exact) mass is 562 g/mol. The van der Waals surface area contributed by atoms with Gasteiger partial charge in [0, 0.05) is 37.3 Å². The average Bonchev–Trinajstić information content (AvgIpc) is 2.90. The van der Waals surface area contributed by atoms with Crippen molar-refractivity contribution in [2.24, 2.45) is 17.6 Å². The topological polar surface area (TPSA) is 170 Å².